The predicted molar refractivity (Wildman–Crippen MR) is 283 cm³/mol. The van der Waals surface area contributed by atoms with Crippen molar-refractivity contribution in [2.24, 2.45) is 0 Å². The average Bonchev–Trinajstić information content (AvgIpc) is 4.18. The molecule has 0 bridgehead atoms. The molecule has 0 saturated carbocycles. The van der Waals surface area contributed by atoms with E-state index in [2.05, 4.69) is 185 Å². The smallest absolute Gasteiger partial charge is 0.198 e. The first-order chi connectivity index (χ1) is 35.6. The molecule has 8 aromatic heterocycles. The van der Waals surface area contributed by atoms with Crippen LogP contribution in [0.15, 0.2) is 204 Å². The standard InChI is InChI=1S/C60H32N10O2/c1-3-7-49-39(5-1)41-15-9-33(35-11-17-43-45-19-13-37(29-55(45)71-53(43)27-35)47-31-65-57-59(67-47)63-23-21-61-57)25-51(41)69(49)70-50-8-4-2-6-40(50)42-16-10-34(26-52(42)70)36-12-18-44-46-20-14-38(30-56(46)72-54(44)28-36)48-32-66-58-60(68-48)64-24-22-62-58/h1-32H. The summed E-state index contributed by atoms with van der Waals surface area (Å²) >= 11 is 0. The predicted octanol–water partition coefficient (Wildman–Crippen LogP) is 14.1. The van der Waals surface area contributed by atoms with Gasteiger partial charge in [0.25, 0.3) is 0 Å². The molecule has 16 aromatic rings. The largest absolute Gasteiger partial charge is 0.456 e. The molecule has 16 rings (SSSR count). The highest BCUT2D eigenvalue weighted by Crippen LogP contribution is 2.41. The highest BCUT2D eigenvalue weighted by molar-refractivity contribution is 6.14. The Labute approximate surface area is 406 Å². The molecule has 12 heteroatoms. The van der Waals surface area contributed by atoms with Crippen molar-refractivity contribution in [1.29, 1.82) is 0 Å². The van der Waals surface area contributed by atoms with E-state index < -0.39 is 0 Å². The first kappa shape index (κ1) is 38.7. The molecule has 8 heterocycles. The Bertz CT molecular complexity index is 4660. The second-order valence-electron chi connectivity index (χ2n) is 18.1. The van der Waals surface area contributed by atoms with E-state index >= 15 is 0 Å². The van der Waals surface area contributed by atoms with Gasteiger partial charge in [-0.15, -0.1) is 0 Å². The minimum Gasteiger partial charge on any atom is -0.456 e. The van der Waals surface area contributed by atoms with Gasteiger partial charge in [0.15, 0.2) is 22.6 Å². The lowest BCUT2D eigenvalue weighted by atomic mass is 10.0. The lowest BCUT2D eigenvalue weighted by Crippen LogP contribution is -2.08. The van der Waals surface area contributed by atoms with Crippen molar-refractivity contribution >= 4 is 110 Å². The number of fused-ring (bicyclic) bond motifs is 14. The molecule has 0 unspecified atom stereocenters. The molecule has 0 spiro atoms. The van der Waals surface area contributed by atoms with Crippen LogP contribution in [0.5, 0.6) is 0 Å². The molecule has 0 fully saturated rings. The molecule has 12 nitrogen and oxygen atoms in total. The topological polar surface area (TPSA) is 139 Å². The molecule has 334 valence electrons. The van der Waals surface area contributed by atoms with Crippen LogP contribution in [-0.2, 0) is 0 Å². The Morgan fingerprint density at radius 2 is 0.611 bits per heavy atom. The number of benzene rings is 8. The first-order valence-corrected chi connectivity index (χ1v) is 23.5. The van der Waals surface area contributed by atoms with Crippen molar-refractivity contribution in [1.82, 2.24) is 49.2 Å². The maximum Gasteiger partial charge on any atom is 0.198 e. The molecule has 0 radical (unpaired) electrons. The second kappa shape index (κ2) is 14.7. The van der Waals surface area contributed by atoms with Gasteiger partial charge < -0.3 is 8.83 Å². The van der Waals surface area contributed by atoms with Gasteiger partial charge in [0.2, 0.25) is 0 Å². The van der Waals surface area contributed by atoms with Crippen LogP contribution in [0.4, 0.5) is 0 Å². The van der Waals surface area contributed by atoms with E-state index in [0.717, 1.165) is 110 Å². The van der Waals surface area contributed by atoms with Gasteiger partial charge in [0, 0.05) is 79.0 Å². The second-order valence-corrected chi connectivity index (χ2v) is 18.1. The molecule has 0 atom stereocenters. The summed E-state index contributed by atoms with van der Waals surface area (Å²) in [5, 5.41) is 8.83. The van der Waals surface area contributed by atoms with Crippen LogP contribution in [0.1, 0.15) is 0 Å². The third-order valence-electron chi connectivity index (χ3n) is 14.1. The molecule has 0 saturated heterocycles. The highest BCUT2D eigenvalue weighted by Gasteiger charge is 2.21. The van der Waals surface area contributed by atoms with E-state index in [1.807, 2.05) is 12.1 Å². The molecule has 0 aliphatic heterocycles. The lowest BCUT2D eigenvalue weighted by molar-refractivity contribution is 0.669. The highest BCUT2D eigenvalue weighted by atomic mass is 16.3. The number of para-hydroxylation sites is 2. The van der Waals surface area contributed by atoms with Gasteiger partial charge in [-0.25, -0.2) is 49.2 Å². The van der Waals surface area contributed by atoms with Crippen molar-refractivity contribution in [3.63, 3.8) is 0 Å². The number of nitrogens with zero attached hydrogens (tertiary/aromatic N) is 10. The SMILES string of the molecule is c1ccc2c(c1)c1ccc(-c3ccc4c(c3)oc3cc(-c5cnc6nccnc6n5)ccc34)cc1n2-n1c2ccccc2c2ccc(-c3ccc4c(c3)oc3cc(-c5cnc6nccnc6n5)ccc34)cc21. The van der Waals surface area contributed by atoms with E-state index in [1.165, 1.54) is 10.8 Å². The summed E-state index contributed by atoms with van der Waals surface area (Å²) in [7, 11) is 0. The molecule has 72 heavy (non-hydrogen) atoms. The number of hydrogen-bond acceptors (Lipinski definition) is 10. The Balaban J connectivity index is 0.817. The minimum atomic E-state index is 0.502. The number of aromatic nitrogens is 10. The average molecular weight is 925 g/mol. The summed E-state index contributed by atoms with van der Waals surface area (Å²) in [4.78, 5) is 35.6. The van der Waals surface area contributed by atoms with Gasteiger partial charge in [0.1, 0.15) is 22.3 Å². The summed E-state index contributed by atoms with van der Waals surface area (Å²) in [5.41, 5.74) is 17.0. The van der Waals surface area contributed by atoms with E-state index in [4.69, 9.17) is 18.8 Å². The third kappa shape index (κ3) is 5.74. The Morgan fingerprint density at radius 3 is 1.04 bits per heavy atom. The van der Waals surface area contributed by atoms with Crippen molar-refractivity contribution in [2.45, 2.75) is 0 Å². The third-order valence-corrected chi connectivity index (χ3v) is 14.1. The van der Waals surface area contributed by atoms with E-state index in [1.54, 1.807) is 37.2 Å². The van der Waals surface area contributed by atoms with Gasteiger partial charge in [-0.2, -0.15) is 0 Å². The zero-order chi connectivity index (χ0) is 47.0. The van der Waals surface area contributed by atoms with Crippen LogP contribution in [0, 0.1) is 0 Å². The van der Waals surface area contributed by atoms with Crippen molar-refractivity contribution < 1.29 is 8.83 Å². The zero-order valence-electron chi connectivity index (χ0n) is 37.8. The van der Waals surface area contributed by atoms with Gasteiger partial charge in [0.05, 0.1) is 45.8 Å². The van der Waals surface area contributed by atoms with Crippen LogP contribution < -0.4 is 0 Å². The van der Waals surface area contributed by atoms with Crippen LogP contribution in [0.2, 0.25) is 0 Å². The van der Waals surface area contributed by atoms with Crippen molar-refractivity contribution in [2.75, 3.05) is 0 Å². The van der Waals surface area contributed by atoms with Crippen molar-refractivity contribution in [3.8, 4) is 44.8 Å². The minimum absolute atomic E-state index is 0.502. The summed E-state index contributed by atoms with van der Waals surface area (Å²) < 4.78 is 18.0. The Hall–Kier alpha value is -10.2. The molecular formula is C60H32N10O2. The fourth-order valence-electron chi connectivity index (χ4n) is 10.7. The fraction of sp³-hybridized carbons (Fsp3) is 0. The van der Waals surface area contributed by atoms with Crippen LogP contribution in [0.25, 0.3) is 155 Å². The van der Waals surface area contributed by atoms with Gasteiger partial charge in [-0.3, -0.25) is 0 Å². The van der Waals surface area contributed by atoms with E-state index in [-0.39, 0.29) is 0 Å². The summed E-state index contributed by atoms with van der Waals surface area (Å²) in [6.07, 6.45) is 9.95. The molecule has 0 aliphatic rings. The van der Waals surface area contributed by atoms with Gasteiger partial charge in [-0.1, -0.05) is 84.9 Å². The molecule has 0 amide bonds. The number of rotatable bonds is 5. The maximum atomic E-state index is 6.60. The quantitative estimate of drug-likeness (QED) is 0.164. The molecule has 0 aliphatic carbocycles. The number of hydrogen-bond donors (Lipinski definition) is 0. The summed E-state index contributed by atoms with van der Waals surface area (Å²) in [5.74, 6) is 0. The lowest BCUT2D eigenvalue weighted by Gasteiger charge is -2.14. The molecular weight excluding hydrogens is 893 g/mol. The van der Waals surface area contributed by atoms with Crippen molar-refractivity contribution in [3.05, 3.63) is 195 Å². The normalized spacial score (nSPS) is 12.2. The Kier molecular flexibility index (Phi) is 7.88. The maximum absolute atomic E-state index is 6.60. The molecule has 8 aromatic carbocycles. The van der Waals surface area contributed by atoms with Crippen LogP contribution in [-0.4, -0.2) is 49.2 Å². The number of furan rings is 2. The van der Waals surface area contributed by atoms with E-state index in [9.17, 15) is 0 Å². The Morgan fingerprint density at radius 1 is 0.278 bits per heavy atom. The monoisotopic (exact) mass is 924 g/mol. The summed E-state index contributed by atoms with van der Waals surface area (Å²) in [6.45, 7) is 0. The van der Waals surface area contributed by atoms with Gasteiger partial charge >= 0.3 is 0 Å². The van der Waals surface area contributed by atoms with E-state index in [0.29, 0.717) is 34.0 Å². The zero-order valence-corrected chi connectivity index (χ0v) is 37.8. The van der Waals surface area contributed by atoms with Crippen LogP contribution in [0.3, 0.4) is 0 Å². The summed E-state index contributed by atoms with van der Waals surface area (Å²) in [6, 6.07) is 56.2. The molecule has 0 N–H and O–H groups in total. The first-order valence-electron chi connectivity index (χ1n) is 23.5. The van der Waals surface area contributed by atoms with Gasteiger partial charge in [-0.05, 0) is 95.1 Å². The fourth-order valence-corrected chi connectivity index (χ4v) is 10.7. The van der Waals surface area contributed by atoms with Crippen LogP contribution >= 0.6 is 0 Å².